The van der Waals surface area contributed by atoms with Crippen LogP contribution in [-0.2, 0) is 6.42 Å². The molecular weight excluding hydrogens is 465 g/mol. The summed E-state index contributed by atoms with van der Waals surface area (Å²) < 4.78 is 5.26. The third-order valence-corrected chi connectivity index (χ3v) is 6.47. The van der Waals surface area contributed by atoms with Gasteiger partial charge in [-0.3, -0.25) is 9.89 Å². The number of nitrogens with zero attached hydrogens (tertiary/aromatic N) is 3. The molecule has 2 heterocycles. The van der Waals surface area contributed by atoms with Crippen molar-refractivity contribution < 1.29 is 4.52 Å². The zero-order valence-corrected chi connectivity index (χ0v) is 20.2. The molecule has 3 rings (SSSR count). The highest BCUT2D eigenvalue weighted by molar-refractivity contribution is 14.0. The maximum atomic E-state index is 5.26. The normalized spacial score (nSPS) is 20.5. The molecule has 1 aliphatic heterocycles. The number of halogens is 1. The molecule has 0 bridgehead atoms. The standard InChI is InChI=1S/C21H37N5O.HI/c1-17-19(18(2)27-25-17)10-13-23-20(22-3)24-16-21(11-6-4-7-12-21)26-14-8-5-9-15-26;/h4-16H2,1-3H3,(H2,22,23,24);1H. The van der Waals surface area contributed by atoms with Gasteiger partial charge in [0.25, 0.3) is 0 Å². The van der Waals surface area contributed by atoms with Gasteiger partial charge < -0.3 is 15.2 Å². The monoisotopic (exact) mass is 503 g/mol. The summed E-state index contributed by atoms with van der Waals surface area (Å²) in [7, 11) is 1.86. The van der Waals surface area contributed by atoms with Crippen LogP contribution in [0.25, 0.3) is 0 Å². The van der Waals surface area contributed by atoms with Crippen molar-refractivity contribution in [2.45, 2.75) is 77.2 Å². The highest BCUT2D eigenvalue weighted by Crippen LogP contribution is 2.35. The van der Waals surface area contributed by atoms with E-state index in [9.17, 15) is 0 Å². The number of likely N-dealkylation sites (tertiary alicyclic amines) is 1. The molecule has 6 nitrogen and oxygen atoms in total. The van der Waals surface area contributed by atoms with Gasteiger partial charge in [-0.2, -0.15) is 0 Å². The van der Waals surface area contributed by atoms with Crippen LogP contribution in [0.3, 0.4) is 0 Å². The van der Waals surface area contributed by atoms with E-state index in [1.807, 2.05) is 20.9 Å². The first-order valence-corrected chi connectivity index (χ1v) is 10.8. The van der Waals surface area contributed by atoms with Crippen molar-refractivity contribution in [1.82, 2.24) is 20.7 Å². The molecule has 1 aliphatic carbocycles. The molecule has 0 spiro atoms. The predicted octanol–water partition coefficient (Wildman–Crippen LogP) is 3.81. The van der Waals surface area contributed by atoms with E-state index in [4.69, 9.17) is 4.52 Å². The first-order valence-electron chi connectivity index (χ1n) is 10.8. The van der Waals surface area contributed by atoms with Gasteiger partial charge in [-0.1, -0.05) is 30.8 Å². The van der Waals surface area contributed by atoms with Crippen molar-refractivity contribution in [3.8, 4) is 0 Å². The number of nitrogens with one attached hydrogen (secondary N) is 2. The van der Waals surface area contributed by atoms with Gasteiger partial charge in [-0.25, -0.2) is 0 Å². The van der Waals surface area contributed by atoms with Gasteiger partial charge in [0.15, 0.2) is 5.96 Å². The summed E-state index contributed by atoms with van der Waals surface area (Å²) in [6.45, 7) is 8.34. The lowest BCUT2D eigenvalue weighted by Gasteiger charge is -2.48. The zero-order chi connectivity index (χ0) is 19.1. The molecule has 28 heavy (non-hydrogen) atoms. The van der Waals surface area contributed by atoms with E-state index in [2.05, 4.69) is 25.7 Å². The minimum absolute atomic E-state index is 0. The van der Waals surface area contributed by atoms with Crippen LogP contribution in [0, 0.1) is 13.8 Å². The number of hydrogen-bond acceptors (Lipinski definition) is 4. The number of guanidine groups is 1. The number of aryl methyl sites for hydroxylation is 2. The van der Waals surface area contributed by atoms with Crippen LogP contribution < -0.4 is 10.6 Å². The van der Waals surface area contributed by atoms with Crippen molar-refractivity contribution in [3.63, 3.8) is 0 Å². The Hall–Kier alpha value is -0.830. The Balaban J connectivity index is 0.00000280. The van der Waals surface area contributed by atoms with Gasteiger partial charge >= 0.3 is 0 Å². The first-order chi connectivity index (χ1) is 13.1. The van der Waals surface area contributed by atoms with Gasteiger partial charge in [0.2, 0.25) is 0 Å². The Labute approximate surface area is 187 Å². The number of piperidine rings is 1. The summed E-state index contributed by atoms with van der Waals surface area (Å²) in [5, 5.41) is 11.2. The molecule has 2 N–H and O–H groups in total. The lowest BCUT2D eigenvalue weighted by atomic mass is 9.79. The second-order valence-electron chi connectivity index (χ2n) is 8.24. The van der Waals surface area contributed by atoms with E-state index in [1.54, 1.807) is 0 Å². The highest BCUT2D eigenvalue weighted by atomic mass is 127. The molecule has 1 saturated carbocycles. The lowest BCUT2D eigenvalue weighted by Crippen LogP contribution is -2.59. The van der Waals surface area contributed by atoms with E-state index in [0.717, 1.165) is 36.9 Å². The van der Waals surface area contributed by atoms with Gasteiger partial charge in [-0.15, -0.1) is 24.0 Å². The molecular formula is C21H38IN5O. The summed E-state index contributed by atoms with van der Waals surface area (Å²) in [6, 6.07) is 0. The van der Waals surface area contributed by atoms with Crippen LogP contribution in [0.4, 0.5) is 0 Å². The number of aliphatic imine (C=N–C) groups is 1. The smallest absolute Gasteiger partial charge is 0.191 e. The van der Waals surface area contributed by atoms with Crippen LogP contribution in [0.15, 0.2) is 9.52 Å². The summed E-state index contributed by atoms with van der Waals surface area (Å²) in [4.78, 5) is 7.23. The fourth-order valence-electron chi connectivity index (χ4n) is 4.82. The summed E-state index contributed by atoms with van der Waals surface area (Å²) >= 11 is 0. The maximum absolute atomic E-state index is 5.26. The molecule has 0 unspecified atom stereocenters. The maximum Gasteiger partial charge on any atom is 0.191 e. The molecule has 160 valence electrons. The molecule has 1 saturated heterocycles. The highest BCUT2D eigenvalue weighted by Gasteiger charge is 2.38. The Bertz CT molecular complexity index is 599. The van der Waals surface area contributed by atoms with Crippen molar-refractivity contribution >= 4 is 29.9 Å². The van der Waals surface area contributed by atoms with Crippen molar-refractivity contribution in [2.75, 3.05) is 33.2 Å². The zero-order valence-electron chi connectivity index (χ0n) is 17.9. The minimum Gasteiger partial charge on any atom is -0.361 e. The Kier molecular flexibility index (Phi) is 9.53. The fourth-order valence-corrected chi connectivity index (χ4v) is 4.82. The van der Waals surface area contributed by atoms with Gasteiger partial charge in [0.05, 0.1) is 5.69 Å². The molecule has 0 radical (unpaired) electrons. The largest absolute Gasteiger partial charge is 0.361 e. The van der Waals surface area contributed by atoms with E-state index in [0.29, 0.717) is 5.54 Å². The Morgan fingerprint density at radius 2 is 1.75 bits per heavy atom. The van der Waals surface area contributed by atoms with Crippen LogP contribution in [0.2, 0.25) is 0 Å². The minimum atomic E-state index is 0. The topological polar surface area (TPSA) is 65.7 Å². The molecule has 2 aliphatic rings. The Morgan fingerprint density at radius 3 is 2.36 bits per heavy atom. The lowest BCUT2D eigenvalue weighted by molar-refractivity contribution is 0.0368. The van der Waals surface area contributed by atoms with E-state index in [1.165, 1.54) is 70.0 Å². The average molecular weight is 503 g/mol. The molecule has 1 aromatic heterocycles. The van der Waals surface area contributed by atoms with Gasteiger partial charge in [0, 0.05) is 31.2 Å². The molecule has 7 heteroatoms. The van der Waals surface area contributed by atoms with Crippen molar-refractivity contribution in [3.05, 3.63) is 17.0 Å². The van der Waals surface area contributed by atoms with Gasteiger partial charge in [0.1, 0.15) is 5.76 Å². The third-order valence-electron chi connectivity index (χ3n) is 6.47. The van der Waals surface area contributed by atoms with Crippen LogP contribution in [0.5, 0.6) is 0 Å². The van der Waals surface area contributed by atoms with E-state index in [-0.39, 0.29) is 24.0 Å². The van der Waals surface area contributed by atoms with Gasteiger partial charge in [-0.05, 0) is 59.0 Å². The summed E-state index contributed by atoms with van der Waals surface area (Å²) in [6.07, 6.45) is 11.7. The first kappa shape index (κ1) is 23.4. The SMILES string of the molecule is CN=C(NCCc1c(C)noc1C)NCC1(N2CCCCC2)CCCCC1.I. The van der Waals surface area contributed by atoms with Crippen LogP contribution in [0.1, 0.15) is 68.4 Å². The number of aromatic nitrogens is 1. The molecule has 1 aromatic rings. The van der Waals surface area contributed by atoms with Crippen LogP contribution in [-0.4, -0.2) is 54.8 Å². The average Bonchev–Trinajstić information content (AvgIpc) is 3.04. The van der Waals surface area contributed by atoms with Crippen LogP contribution >= 0.6 is 24.0 Å². The van der Waals surface area contributed by atoms with Crippen molar-refractivity contribution in [1.29, 1.82) is 0 Å². The molecule has 2 fully saturated rings. The molecule has 0 atom stereocenters. The number of hydrogen-bond donors (Lipinski definition) is 2. The second kappa shape index (κ2) is 11.4. The van der Waals surface area contributed by atoms with Crippen molar-refractivity contribution in [2.24, 2.45) is 4.99 Å². The quantitative estimate of drug-likeness (QED) is 0.351. The van der Waals surface area contributed by atoms with E-state index < -0.39 is 0 Å². The Morgan fingerprint density at radius 1 is 1.07 bits per heavy atom. The molecule has 0 aromatic carbocycles. The predicted molar refractivity (Wildman–Crippen MR) is 126 cm³/mol. The third kappa shape index (κ3) is 5.84. The summed E-state index contributed by atoms with van der Waals surface area (Å²) in [5.74, 6) is 1.83. The van der Waals surface area contributed by atoms with E-state index >= 15 is 0 Å². The summed E-state index contributed by atoms with van der Waals surface area (Å²) in [5.41, 5.74) is 2.51. The fraction of sp³-hybridized carbons (Fsp3) is 0.810. The number of rotatable bonds is 6. The second-order valence-corrected chi connectivity index (χ2v) is 8.24. The molecule has 0 amide bonds.